The maximum Gasteiger partial charge on any atom is 0.339 e. The molecule has 3 nitrogen and oxygen atoms in total. The van der Waals surface area contributed by atoms with Crippen LogP contribution < -0.4 is 0 Å². The lowest BCUT2D eigenvalue weighted by Gasteiger charge is -2.14. The van der Waals surface area contributed by atoms with E-state index in [1.165, 1.54) is 0 Å². The number of benzene rings is 3. The number of Topliss-reactive ketones (excluding diaryl/α,β-unsaturated/α-hetero) is 1. The van der Waals surface area contributed by atoms with Crippen LogP contribution in [-0.4, -0.2) is 17.9 Å². The molecule has 0 bridgehead atoms. The first-order valence-electron chi connectivity index (χ1n) is 8.67. The fraction of sp³-hybridized carbons (Fsp3) is 0.130. The molecule has 0 N–H and O–H groups in total. The van der Waals surface area contributed by atoms with Crippen molar-refractivity contribution in [2.24, 2.45) is 0 Å². The van der Waals surface area contributed by atoms with Gasteiger partial charge in [-0.25, -0.2) is 4.79 Å². The van der Waals surface area contributed by atoms with E-state index in [4.69, 9.17) is 16.3 Å². The minimum atomic E-state index is -0.886. The van der Waals surface area contributed by atoms with Crippen LogP contribution in [-0.2, 0) is 11.2 Å². The molecule has 3 aromatic rings. The van der Waals surface area contributed by atoms with Crippen molar-refractivity contribution in [3.8, 4) is 0 Å². The average Bonchev–Trinajstić information content (AvgIpc) is 2.69. The molecule has 3 rings (SSSR count). The fourth-order valence-corrected chi connectivity index (χ4v) is 2.94. The van der Waals surface area contributed by atoms with E-state index in [-0.39, 0.29) is 5.78 Å². The molecule has 0 saturated carbocycles. The Labute approximate surface area is 163 Å². The first kappa shape index (κ1) is 18.9. The minimum Gasteiger partial charge on any atom is -0.451 e. The molecule has 4 heteroatoms. The van der Waals surface area contributed by atoms with Crippen LogP contribution in [0.1, 0.15) is 38.8 Å². The molecule has 0 heterocycles. The van der Waals surface area contributed by atoms with Gasteiger partial charge in [-0.2, -0.15) is 0 Å². The number of esters is 1. The second-order valence-corrected chi connectivity index (χ2v) is 6.67. The van der Waals surface area contributed by atoms with Crippen LogP contribution in [0.4, 0.5) is 0 Å². The summed E-state index contributed by atoms with van der Waals surface area (Å²) in [5.41, 5.74) is 2.89. The third kappa shape index (κ3) is 4.83. The van der Waals surface area contributed by atoms with Crippen LogP contribution >= 0.6 is 11.6 Å². The Hall–Kier alpha value is -2.91. The lowest BCUT2D eigenvalue weighted by atomic mass is 10.00. The van der Waals surface area contributed by atoms with Crippen molar-refractivity contribution >= 4 is 23.4 Å². The Kier molecular flexibility index (Phi) is 6.05. The van der Waals surface area contributed by atoms with Gasteiger partial charge < -0.3 is 4.74 Å². The summed E-state index contributed by atoms with van der Waals surface area (Å²) in [5.74, 6) is -0.767. The Balaban J connectivity index is 1.74. The highest BCUT2D eigenvalue weighted by Crippen LogP contribution is 2.18. The number of carbonyl (C=O) groups excluding carboxylic acids is 2. The molecule has 3 aromatic carbocycles. The van der Waals surface area contributed by atoms with Crippen LogP contribution in [0.5, 0.6) is 0 Å². The van der Waals surface area contributed by atoms with E-state index in [1.54, 1.807) is 43.3 Å². The summed E-state index contributed by atoms with van der Waals surface area (Å²) >= 11 is 5.85. The van der Waals surface area contributed by atoms with Crippen molar-refractivity contribution in [1.82, 2.24) is 0 Å². The molecule has 0 saturated heterocycles. The van der Waals surface area contributed by atoms with Crippen molar-refractivity contribution in [1.29, 1.82) is 0 Å². The lowest BCUT2D eigenvalue weighted by Crippen LogP contribution is -2.25. The molecule has 0 aliphatic carbocycles. The molecular weight excluding hydrogens is 360 g/mol. The van der Waals surface area contributed by atoms with E-state index >= 15 is 0 Å². The zero-order valence-electron chi connectivity index (χ0n) is 14.9. The van der Waals surface area contributed by atoms with Crippen LogP contribution in [0.15, 0.2) is 78.9 Å². The van der Waals surface area contributed by atoms with E-state index in [1.807, 2.05) is 42.5 Å². The summed E-state index contributed by atoms with van der Waals surface area (Å²) in [4.78, 5) is 25.1. The average molecular weight is 379 g/mol. The largest absolute Gasteiger partial charge is 0.451 e. The van der Waals surface area contributed by atoms with Gasteiger partial charge in [-0.05, 0) is 54.8 Å². The van der Waals surface area contributed by atoms with E-state index in [0.717, 1.165) is 11.1 Å². The van der Waals surface area contributed by atoms with Crippen molar-refractivity contribution in [2.75, 3.05) is 0 Å². The molecular formula is C23H19ClO3. The standard InChI is InChI=1S/C23H19ClO3/c1-16(22(25)18-11-13-20(24)14-12-18)27-23(26)21-10-6-5-9-19(21)15-17-7-3-2-4-8-17/h2-14,16H,15H2,1H3/t16-/m1/s1. The number of halogens is 1. The quantitative estimate of drug-likeness (QED) is 0.428. The molecule has 27 heavy (non-hydrogen) atoms. The lowest BCUT2D eigenvalue weighted by molar-refractivity contribution is 0.0318. The number of ether oxygens (including phenoxy) is 1. The van der Waals surface area contributed by atoms with Gasteiger partial charge in [0.05, 0.1) is 5.56 Å². The molecule has 0 spiro atoms. The highest BCUT2D eigenvalue weighted by molar-refractivity contribution is 6.30. The zero-order valence-corrected chi connectivity index (χ0v) is 15.6. The van der Waals surface area contributed by atoms with Crippen molar-refractivity contribution in [3.63, 3.8) is 0 Å². The molecule has 0 amide bonds. The summed E-state index contributed by atoms with van der Waals surface area (Å²) < 4.78 is 5.44. The van der Waals surface area contributed by atoms with Crippen molar-refractivity contribution in [2.45, 2.75) is 19.4 Å². The molecule has 136 valence electrons. The van der Waals surface area contributed by atoms with E-state index in [0.29, 0.717) is 22.6 Å². The van der Waals surface area contributed by atoms with Crippen molar-refractivity contribution < 1.29 is 14.3 Å². The molecule has 0 unspecified atom stereocenters. The topological polar surface area (TPSA) is 43.4 Å². The van der Waals surface area contributed by atoms with Crippen LogP contribution in [0.3, 0.4) is 0 Å². The van der Waals surface area contributed by atoms with Crippen LogP contribution in [0.25, 0.3) is 0 Å². The van der Waals surface area contributed by atoms with Gasteiger partial charge in [0.2, 0.25) is 5.78 Å². The Morgan fingerprint density at radius 3 is 2.22 bits per heavy atom. The van der Waals surface area contributed by atoms with Gasteiger partial charge in [0, 0.05) is 10.6 Å². The third-order valence-electron chi connectivity index (χ3n) is 4.26. The number of ketones is 1. The Bertz CT molecular complexity index is 933. The summed E-state index contributed by atoms with van der Waals surface area (Å²) in [5, 5.41) is 0.547. The third-order valence-corrected chi connectivity index (χ3v) is 4.51. The Morgan fingerprint density at radius 1 is 0.889 bits per heavy atom. The van der Waals surface area contributed by atoms with Gasteiger partial charge in [0.25, 0.3) is 0 Å². The predicted octanol–water partition coefficient (Wildman–Crippen LogP) is 5.36. The maximum absolute atomic E-state index is 12.7. The smallest absolute Gasteiger partial charge is 0.339 e. The summed E-state index contributed by atoms with van der Waals surface area (Å²) in [6, 6.07) is 23.7. The molecule has 0 aromatic heterocycles. The van der Waals surface area contributed by atoms with Crippen LogP contribution in [0, 0.1) is 0 Å². The predicted molar refractivity (Wildman–Crippen MR) is 106 cm³/mol. The fourth-order valence-electron chi connectivity index (χ4n) is 2.82. The Morgan fingerprint density at radius 2 is 1.52 bits per heavy atom. The van der Waals surface area contributed by atoms with E-state index in [2.05, 4.69) is 0 Å². The highest BCUT2D eigenvalue weighted by atomic mass is 35.5. The maximum atomic E-state index is 12.7. The van der Waals surface area contributed by atoms with Gasteiger partial charge in [-0.3, -0.25) is 4.79 Å². The SMILES string of the molecule is C[C@@H](OC(=O)c1ccccc1Cc1ccccc1)C(=O)c1ccc(Cl)cc1. The van der Waals surface area contributed by atoms with Gasteiger partial charge in [-0.15, -0.1) is 0 Å². The molecule has 0 radical (unpaired) electrons. The first-order chi connectivity index (χ1) is 13.0. The second-order valence-electron chi connectivity index (χ2n) is 6.24. The molecule has 0 aliphatic rings. The van der Waals surface area contributed by atoms with Gasteiger partial charge >= 0.3 is 5.97 Å². The zero-order chi connectivity index (χ0) is 19.2. The number of rotatable bonds is 6. The first-order valence-corrected chi connectivity index (χ1v) is 9.05. The highest BCUT2D eigenvalue weighted by Gasteiger charge is 2.21. The number of carbonyl (C=O) groups is 2. The van der Waals surface area contributed by atoms with Gasteiger partial charge in [0.15, 0.2) is 6.10 Å². The van der Waals surface area contributed by atoms with E-state index in [9.17, 15) is 9.59 Å². The van der Waals surface area contributed by atoms with E-state index < -0.39 is 12.1 Å². The monoisotopic (exact) mass is 378 g/mol. The summed E-state index contributed by atoms with van der Waals surface area (Å²) in [6.45, 7) is 1.58. The molecule has 1 atom stereocenters. The number of hydrogen-bond acceptors (Lipinski definition) is 3. The molecule has 0 fully saturated rings. The molecule has 0 aliphatic heterocycles. The normalized spacial score (nSPS) is 11.6. The van der Waals surface area contributed by atoms with Gasteiger partial charge in [-0.1, -0.05) is 60.1 Å². The number of hydrogen-bond donors (Lipinski definition) is 0. The van der Waals surface area contributed by atoms with Crippen molar-refractivity contribution in [3.05, 3.63) is 106 Å². The van der Waals surface area contributed by atoms with Gasteiger partial charge in [0.1, 0.15) is 0 Å². The summed E-state index contributed by atoms with van der Waals surface area (Å²) in [6.07, 6.45) is -0.269. The second kappa shape index (κ2) is 8.65. The minimum absolute atomic E-state index is 0.263. The van der Waals surface area contributed by atoms with Crippen LogP contribution in [0.2, 0.25) is 5.02 Å². The summed E-state index contributed by atoms with van der Waals surface area (Å²) in [7, 11) is 0.